The number of nitrogens with one attached hydrogen (secondary N) is 2. The summed E-state index contributed by atoms with van der Waals surface area (Å²) in [5.74, 6) is 2.92. The fourth-order valence-electron chi connectivity index (χ4n) is 4.77. The van der Waals surface area contributed by atoms with E-state index in [-0.39, 0.29) is 11.4 Å². The molecular weight excluding hydrogens is 236 g/mol. The zero-order valence-electron chi connectivity index (χ0n) is 12.2. The van der Waals surface area contributed by atoms with E-state index in [0.29, 0.717) is 0 Å². The summed E-state index contributed by atoms with van der Waals surface area (Å²) in [5, 5.41) is 6.74. The third-order valence-electron chi connectivity index (χ3n) is 5.76. The SMILES string of the molecule is CCCC1(C(=O)NCC2CC3CCC2C3)CCCN1. The summed E-state index contributed by atoms with van der Waals surface area (Å²) >= 11 is 0. The third kappa shape index (κ3) is 2.54. The van der Waals surface area contributed by atoms with Gasteiger partial charge in [-0.15, -0.1) is 0 Å². The number of fused-ring (bicyclic) bond motifs is 2. The van der Waals surface area contributed by atoms with Gasteiger partial charge in [-0.05, 0) is 62.8 Å². The minimum absolute atomic E-state index is 0.244. The van der Waals surface area contributed by atoms with E-state index >= 15 is 0 Å². The number of hydrogen-bond donors (Lipinski definition) is 2. The second kappa shape index (κ2) is 5.43. The molecule has 2 bridgehead atoms. The minimum Gasteiger partial charge on any atom is -0.354 e. The van der Waals surface area contributed by atoms with Gasteiger partial charge < -0.3 is 10.6 Å². The van der Waals surface area contributed by atoms with Gasteiger partial charge in [0.1, 0.15) is 0 Å². The Bertz CT molecular complexity index is 336. The molecule has 19 heavy (non-hydrogen) atoms. The van der Waals surface area contributed by atoms with Crippen molar-refractivity contribution in [3.63, 3.8) is 0 Å². The largest absolute Gasteiger partial charge is 0.354 e. The first-order valence-corrected chi connectivity index (χ1v) is 8.27. The monoisotopic (exact) mass is 264 g/mol. The number of carbonyl (C=O) groups excluding carboxylic acids is 1. The van der Waals surface area contributed by atoms with Gasteiger partial charge in [-0.3, -0.25) is 4.79 Å². The summed E-state index contributed by atoms with van der Waals surface area (Å²) in [6.45, 7) is 4.10. The fraction of sp³-hybridized carbons (Fsp3) is 0.938. The highest BCUT2D eigenvalue weighted by Crippen LogP contribution is 2.48. The van der Waals surface area contributed by atoms with E-state index in [9.17, 15) is 4.79 Å². The van der Waals surface area contributed by atoms with Crippen molar-refractivity contribution in [1.82, 2.24) is 10.6 Å². The predicted molar refractivity (Wildman–Crippen MR) is 76.8 cm³/mol. The summed E-state index contributed by atoms with van der Waals surface area (Å²) in [5.41, 5.74) is -0.244. The Morgan fingerprint density at radius 1 is 1.37 bits per heavy atom. The lowest BCUT2D eigenvalue weighted by atomic mass is 9.87. The summed E-state index contributed by atoms with van der Waals surface area (Å²) in [6.07, 6.45) is 9.85. The van der Waals surface area contributed by atoms with Crippen LogP contribution in [0, 0.1) is 17.8 Å². The van der Waals surface area contributed by atoms with Crippen LogP contribution in [-0.4, -0.2) is 24.5 Å². The molecule has 0 spiro atoms. The molecule has 3 nitrogen and oxygen atoms in total. The summed E-state index contributed by atoms with van der Waals surface area (Å²) < 4.78 is 0. The average Bonchev–Trinajstić information content (AvgIpc) is 3.12. The Balaban J connectivity index is 1.52. The highest BCUT2D eigenvalue weighted by atomic mass is 16.2. The van der Waals surface area contributed by atoms with Crippen LogP contribution in [0.4, 0.5) is 0 Å². The molecule has 1 amide bonds. The second-order valence-electron chi connectivity index (χ2n) is 7.01. The van der Waals surface area contributed by atoms with Gasteiger partial charge in [0.05, 0.1) is 5.54 Å². The molecular formula is C16H28N2O. The van der Waals surface area contributed by atoms with Gasteiger partial charge in [0, 0.05) is 6.54 Å². The van der Waals surface area contributed by atoms with Gasteiger partial charge in [-0.25, -0.2) is 0 Å². The molecule has 4 atom stereocenters. The third-order valence-corrected chi connectivity index (χ3v) is 5.76. The Morgan fingerprint density at radius 2 is 2.26 bits per heavy atom. The van der Waals surface area contributed by atoms with Crippen molar-refractivity contribution >= 4 is 5.91 Å². The lowest BCUT2D eigenvalue weighted by molar-refractivity contribution is -0.127. The van der Waals surface area contributed by atoms with E-state index < -0.39 is 0 Å². The fourth-order valence-corrected chi connectivity index (χ4v) is 4.77. The van der Waals surface area contributed by atoms with Crippen LogP contribution in [0.5, 0.6) is 0 Å². The number of amides is 1. The van der Waals surface area contributed by atoms with Crippen LogP contribution in [0.1, 0.15) is 58.3 Å². The minimum atomic E-state index is -0.244. The number of hydrogen-bond acceptors (Lipinski definition) is 2. The summed E-state index contributed by atoms with van der Waals surface area (Å²) in [4.78, 5) is 12.5. The lowest BCUT2D eigenvalue weighted by Gasteiger charge is -2.30. The molecule has 3 aliphatic rings. The van der Waals surface area contributed by atoms with Gasteiger partial charge >= 0.3 is 0 Å². The Labute approximate surface area is 116 Å². The molecule has 0 aromatic carbocycles. The van der Waals surface area contributed by atoms with E-state index in [4.69, 9.17) is 0 Å². The predicted octanol–water partition coefficient (Wildman–Crippen LogP) is 2.46. The van der Waals surface area contributed by atoms with Gasteiger partial charge in [0.2, 0.25) is 5.91 Å². The standard InChI is InChI=1S/C16H28N2O/c1-2-6-16(7-3-8-18-16)15(19)17-11-14-10-12-4-5-13(14)9-12/h12-14,18H,2-11H2,1H3,(H,17,19). The van der Waals surface area contributed by atoms with Crippen molar-refractivity contribution in [2.24, 2.45) is 17.8 Å². The zero-order valence-corrected chi connectivity index (χ0v) is 12.2. The first-order valence-electron chi connectivity index (χ1n) is 8.27. The van der Waals surface area contributed by atoms with Crippen LogP contribution in [0.15, 0.2) is 0 Å². The van der Waals surface area contributed by atoms with Crippen molar-refractivity contribution in [2.75, 3.05) is 13.1 Å². The van der Waals surface area contributed by atoms with Crippen molar-refractivity contribution in [3.8, 4) is 0 Å². The molecule has 2 N–H and O–H groups in total. The Morgan fingerprint density at radius 3 is 2.84 bits per heavy atom. The molecule has 0 aromatic rings. The lowest BCUT2D eigenvalue weighted by Crippen LogP contribution is -2.54. The number of carbonyl (C=O) groups is 1. The Kier molecular flexibility index (Phi) is 3.84. The maximum Gasteiger partial charge on any atom is 0.240 e. The smallest absolute Gasteiger partial charge is 0.240 e. The molecule has 2 aliphatic carbocycles. The molecule has 1 heterocycles. The molecule has 1 aliphatic heterocycles. The van der Waals surface area contributed by atoms with Gasteiger partial charge in [0.25, 0.3) is 0 Å². The molecule has 3 heteroatoms. The molecule has 108 valence electrons. The average molecular weight is 264 g/mol. The van der Waals surface area contributed by atoms with Crippen molar-refractivity contribution in [3.05, 3.63) is 0 Å². The normalized spacial score (nSPS) is 40.8. The maximum absolute atomic E-state index is 12.5. The first-order chi connectivity index (χ1) is 9.23. The molecule has 4 unspecified atom stereocenters. The van der Waals surface area contributed by atoms with E-state index in [2.05, 4.69) is 17.6 Å². The summed E-state index contributed by atoms with van der Waals surface area (Å²) in [6, 6.07) is 0. The van der Waals surface area contributed by atoms with Crippen LogP contribution in [0.2, 0.25) is 0 Å². The van der Waals surface area contributed by atoms with Crippen LogP contribution in [0.25, 0.3) is 0 Å². The van der Waals surface area contributed by atoms with E-state index in [1.165, 1.54) is 25.7 Å². The molecule has 3 rings (SSSR count). The topological polar surface area (TPSA) is 41.1 Å². The van der Waals surface area contributed by atoms with Crippen LogP contribution in [0.3, 0.4) is 0 Å². The van der Waals surface area contributed by atoms with Crippen LogP contribution >= 0.6 is 0 Å². The van der Waals surface area contributed by atoms with Crippen molar-refractivity contribution in [1.29, 1.82) is 0 Å². The van der Waals surface area contributed by atoms with Crippen LogP contribution < -0.4 is 10.6 Å². The highest BCUT2D eigenvalue weighted by molar-refractivity contribution is 5.86. The van der Waals surface area contributed by atoms with E-state index in [1.807, 2.05) is 0 Å². The summed E-state index contributed by atoms with van der Waals surface area (Å²) in [7, 11) is 0. The van der Waals surface area contributed by atoms with Crippen molar-refractivity contribution < 1.29 is 4.79 Å². The highest BCUT2D eigenvalue weighted by Gasteiger charge is 2.42. The van der Waals surface area contributed by atoms with Gasteiger partial charge in [-0.2, -0.15) is 0 Å². The van der Waals surface area contributed by atoms with Gasteiger partial charge in [-0.1, -0.05) is 19.8 Å². The first kappa shape index (κ1) is 13.4. The molecule has 0 radical (unpaired) electrons. The molecule has 1 saturated heterocycles. The molecule has 3 fully saturated rings. The quantitative estimate of drug-likeness (QED) is 0.801. The molecule has 0 aromatic heterocycles. The molecule has 2 saturated carbocycles. The van der Waals surface area contributed by atoms with E-state index in [1.54, 1.807) is 0 Å². The Hall–Kier alpha value is -0.570. The maximum atomic E-state index is 12.5. The van der Waals surface area contributed by atoms with Crippen LogP contribution in [-0.2, 0) is 4.79 Å². The zero-order chi connectivity index (χ0) is 13.3. The second-order valence-corrected chi connectivity index (χ2v) is 7.01. The van der Waals surface area contributed by atoms with Gasteiger partial charge in [0.15, 0.2) is 0 Å². The number of rotatable bonds is 5. The van der Waals surface area contributed by atoms with E-state index in [0.717, 1.165) is 56.5 Å². The van der Waals surface area contributed by atoms with Crippen molar-refractivity contribution in [2.45, 2.75) is 63.8 Å².